The van der Waals surface area contributed by atoms with Crippen LogP contribution in [0.1, 0.15) is 25.2 Å². The summed E-state index contributed by atoms with van der Waals surface area (Å²) in [5.41, 5.74) is 0.695. The monoisotopic (exact) mass is 275 g/mol. The number of aliphatic carboxylic acids is 1. The van der Waals surface area contributed by atoms with Gasteiger partial charge in [-0.25, -0.2) is 8.42 Å². The first-order valence-corrected chi connectivity index (χ1v) is 6.92. The van der Waals surface area contributed by atoms with Crippen molar-refractivity contribution in [3.63, 3.8) is 0 Å². The van der Waals surface area contributed by atoms with E-state index in [2.05, 4.69) is 14.9 Å². The van der Waals surface area contributed by atoms with Crippen molar-refractivity contribution in [2.24, 2.45) is 5.92 Å². The number of nitrogens with zero attached hydrogens (tertiary/aromatic N) is 1. The summed E-state index contributed by atoms with van der Waals surface area (Å²) in [7, 11) is -3.89. The summed E-state index contributed by atoms with van der Waals surface area (Å²) in [6.45, 7) is 6.38. The molecule has 0 saturated heterocycles. The minimum atomic E-state index is -3.89. The fourth-order valence-corrected chi connectivity index (χ4v) is 3.34. The first-order chi connectivity index (χ1) is 8.16. The van der Waals surface area contributed by atoms with Crippen molar-refractivity contribution in [1.82, 2.24) is 14.9 Å². The number of aromatic amines is 1. The molecule has 1 heterocycles. The quantitative estimate of drug-likeness (QED) is 0.720. The SMILES string of the molecule is Cc1n[nH]c(C)c1S(=O)(=O)N[C@H](C(=O)O)C(C)C. The van der Waals surface area contributed by atoms with Crippen molar-refractivity contribution in [2.75, 3.05) is 0 Å². The van der Waals surface area contributed by atoms with Gasteiger partial charge in [-0.2, -0.15) is 9.82 Å². The molecule has 0 aliphatic heterocycles. The number of sulfonamides is 1. The maximum absolute atomic E-state index is 12.1. The van der Waals surface area contributed by atoms with Gasteiger partial charge >= 0.3 is 5.97 Å². The molecule has 1 aromatic heterocycles. The number of carboxylic acids is 1. The second-order valence-corrected chi connectivity index (χ2v) is 6.10. The number of aromatic nitrogens is 2. The Balaban J connectivity index is 3.13. The van der Waals surface area contributed by atoms with Crippen molar-refractivity contribution in [3.05, 3.63) is 11.4 Å². The van der Waals surface area contributed by atoms with Gasteiger partial charge in [0.2, 0.25) is 10.0 Å². The molecule has 3 N–H and O–H groups in total. The zero-order valence-electron chi connectivity index (χ0n) is 10.7. The highest BCUT2D eigenvalue weighted by Gasteiger charge is 2.30. The average Bonchev–Trinajstić information content (AvgIpc) is 2.54. The number of carboxylic acid groups (broad SMARTS) is 1. The summed E-state index contributed by atoms with van der Waals surface area (Å²) in [5.74, 6) is -1.56. The van der Waals surface area contributed by atoms with Gasteiger partial charge in [-0.1, -0.05) is 13.8 Å². The molecule has 1 atom stereocenters. The Morgan fingerprint density at radius 1 is 1.39 bits per heavy atom. The van der Waals surface area contributed by atoms with Gasteiger partial charge in [-0.15, -0.1) is 0 Å². The number of carbonyl (C=O) groups is 1. The third-order valence-corrected chi connectivity index (χ3v) is 4.25. The molecule has 0 aliphatic rings. The summed E-state index contributed by atoms with van der Waals surface area (Å²) in [6.07, 6.45) is 0. The first-order valence-electron chi connectivity index (χ1n) is 5.43. The van der Waals surface area contributed by atoms with Gasteiger partial charge < -0.3 is 5.11 Å². The first kappa shape index (κ1) is 14.7. The van der Waals surface area contributed by atoms with E-state index in [4.69, 9.17) is 5.11 Å². The molecular formula is C10H17N3O4S. The summed E-state index contributed by atoms with van der Waals surface area (Å²) in [5, 5.41) is 15.3. The zero-order chi connectivity index (χ0) is 14.1. The fourth-order valence-electron chi connectivity index (χ4n) is 1.63. The second-order valence-electron chi connectivity index (χ2n) is 4.44. The second kappa shape index (κ2) is 5.07. The summed E-state index contributed by atoms with van der Waals surface area (Å²) in [6, 6.07) is -1.16. The van der Waals surface area contributed by atoms with Crippen LogP contribution < -0.4 is 4.72 Å². The molecular weight excluding hydrogens is 258 g/mol. The lowest BCUT2D eigenvalue weighted by Crippen LogP contribution is -2.44. The van der Waals surface area contributed by atoms with Crippen molar-refractivity contribution < 1.29 is 18.3 Å². The number of hydrogen-bond acceptors (Lipinski definition) is 4. The van der Waals surface area contributed by atoms with Crippen LogP contribution in [0, 0.1) is 19.8 Å². The number of H-pyrrole nitrogens is 1. The van der Waals surface area contributed by atoms with E-state index in [0.29, 0.717) is 11.4 Å². The Labute approximate surface area is 106 Å². The molecule has 0 radical (unpaired) electrons. The van der Waals surface area contributed by atoms with Gasteiger partial charge in [0.1, 0.15) is 10.9 Å². The summed E-state index contributed by atoms with van der Waals surface area (Å²) in [4.78, 5) is 11.0. The van der Waals surface area contributed by atoms with E-state index >= 15 is 0 Å². The molecule has 0 aliphatic carbocycles. The van der Waals surface area contributed by atoms with Crippen LogP contribution in [-0.2, 0) is 14.8 Å². The average molecular weight is 275 g/mol. The van der Waals surface area contributed by atoms with Gasteiger partial charge in [0, 0.05) is 0 Å². The van der Waals surface area contributed by atoms with E-state index in [1.54, 1.807) is 27.7 Å². The van der Waals surface area contributed by atoms with Gasteiger partial charge in [0.25, 0.3) is 0 Å². The molecule has 8 heteroatoms. The van der Waals surface area contributed by atoms with Crippen molar-refractivity contribution in [2.45, 2.75) is 38.6 Å². The van der Waals surface area contributed by atoms with Gasteiger partial charge in [-0.05, 0) is 19.8 Å². The number of aryl methyl sites for hydroxylation is 2. The highest BCUT2D eigenvalue weighted by molar-refractivity contribution is 7.89. The smallest absolute Gasteiger partial charge is 0.322 e. The van der Waals surface area contributed by atoms with Crippen LogP contribution in [0.2, 0.25) is 0 Å². The predicted molar refractivity (Wildman–Crippen MR) is 64.6 cm³/mol. The minimum absolute atomic E-state index is 0.00870. The number of rotatable bonds is 5. The standard InChI is InChI=1S/C10H17N3O4S/c1-5(2)8(10(14)15)13-18(16,17)9-6(3)11-12-7(9)4/h5,8,13H,1-4H3,(H,11,12)(H,14,15)/t8-/m0/s1. The Morgan fingerprint density at radius 2 is 1.94 bits per heavy atom. The molecule has 0 spiro atoms. The summed E-state index contributed by atoms with van der Waals surface area (Å²) < 4.78 is 26.4. The summed E-state index contributed by atoms with van der Waals surface area (Å²) >= 11 is 0. The van der Waals surface area contributed by atoms with Crippen molar-refractivity contribution >= 4 is 16.0 Å². The van der Waals surface area contributed by atoms with Crippen LogP contribution in [0.4, 0.5) is 0 Å². The molecule has 7 nitrogen and oxygen atoms in total. The minimum Gasteiger partial charge on any atom is -0.480 e. The van der Waals surface area contributed by atoms with Gasteiger partial charge in [0.15, 0.2) is 0 Å². The zero-order valence-corrected chi connectivity index (χ0v) is 11.5. The third kappa shape index (κ3) is 2.88. The Hall–Kier alpha value is -1.41. The van der Waals surface area contributed by atoms with Crippen LogP contribution in [-0.4, -0.2) is 35.7 Å². The molecule has 0 amide bonds. The molecule has 0 unspecified atom stereocenters. The molecule has 1 aromatic rings. The van der Waals surface area contributed by atoms with Crippen LogP contribution in [0.3, 0.4) is 0 Å². The van der Waals surface area contributed by atoms with Crippen LogP contribution in [0.5, 0.6) is 0 Å². The maximum atomic E-state index is 12.1. The lowest BCUT2D eigenvalue weighted by molar-refractivity contribution is -0.140. The molecule has 0 fully saturated rings. The van der Waals surface area contributed by atoms with E-state index in [-0.39, 0.29) is 10.8 Å². The maximum Gasteiger partial charge on any atom is 0.322 e. The molecule has 102 valence electrons. The Morgan fingerprint density at radius 3 is 2.28 bits per heavy atom. The number of nitrogens with one attached hydrogen (secondary N) is 2. The van der Waals surface area contributed by atoms with E-state index in [0.717, 1.165) is 0 Å². The third-order valence-electron chi connectivity index (χ3n) is 2.54. The lowest BCUT2D eigenvalue weighted by Gasteiger charge is -2.17. The molecule has 0 saturated carbocycles. The van der Waals surface area contributed by atoms with Crippen LogP contribution >= 0.6 is 0 Å². The largest absolute Gasteiger partial charge is 0.480 e. The number of hydrogen-bond donors (Lipinski definition) is 3. The van der Waals surface area contributed by atoms with Gasteiger partial charge in [0.05, 0.1) is 11.4 Å². The van der Waals surface area contributed by atoms with Crippen molar-refractivity contribution in [1.29, 1.82) is 0 Å². The Kier molecular flexibility index (Phi) is 4.12. The van der Waals surface area contributed by atoms with E-state index in [1.807, 2.05) is 0 Å². The highest BCUT2D eigenvalue weighted by atomic mass is 32.2. The molecule has 0 aromatic carbocycles. The fraction of sp³-hybridized carbons (Fsp3) is 0.600. The topological polar surface area (TPSA) is 112 Å². The Bertz CT molecular complexity index is 528. The van der Waals surface area contributed by atoms with E-state index in [1.165, 1.54) is 0 Å². The molecule has 1 rings (SSSR count). The van der Waals surface area contributed by atoms with Crippen LogP contribution in [0.15, 0.2) is 4.90 Å². The van der Waals surface area contributed by atoms with E-state index < -0.39 is 22.0 Å². The van der Waals surface area contributed by atoms with E-state index in [9.17, 15) is 13.2 Å². The van der Waals surface area contributed by atoms with Crippen LogP contribution in [0.25, 0.3) is 0 Å². The lowest BCUT2D eigenvalue weighted by atomic mass is 10.1. The molecule has 18 heavy (non-hydrogen) atoms. The van der Waals surface area contributed by atoms with Gasteiger partial charge in [-0.3, -0.25) is 9.89 Å². The normalized spacial score (nSPS) is 13.8. The predicted octanol–water partition coefficient (Wildman–Crippen LogP) is 0.414. The van der Waals surface area contributed by atoms with Crippen molar-refractivity contribution in [3.8, 4) is 0 Å². The highest BCUT2D eigenvalue weighted by Crippen LogP contribution is 2.17. The molecule has 0 bridgehead atoms.